The first-order chi connectivity index (χ1) is 18.3. The first kappa shape index (κ1) is 24.0. The van der Waals surface area contributed by atoms with Crippen molar-refractivity contribution in [3.05, 3.63) is 70.4 Å². The molecular weight excluding hydrogens is 554 g/mol. The number of halogens is 1. The highest BCUT2D eigenvalue weighted by atomic mass is 79.9. The maximum absolute atomic E-state index is 13.2. The number of rotatable bonds is 4. The summed E-state index contributed by atoms with van der Waals surface area (Å²) >= 11 is 3.58. The van der Waals surface area contributed by atoms with E-state index in [4.69, 9.17) is 15.2 Å². The van der Waals surface area contributed by atoms with Gasteiger partial charge in [0, 0.05) is 41.2 Å². The smallest absolute Gasteiger partial charge is 0.326 e. The van der Waals surface area contributed by atoms with Crippen LogP contribution in [0.5, 0.6) is 0 Å². The van der Waals surface area contributed by atoms with E-state index in [1.54, 1.807) is 23.8 Å². The molecule has 5 aromatic rings. The number of aliphatic carboxylic acids is 1. The minimum absolute atomic E-state index is 0.0678. The zero-order valence-electron chi connectivity index (χ0n) is 20.2. The third-order valence-electron chi connectivity index (χ3n) is 6.91. The van der Waals surface area contributed by atoms with Gasteiger partial charge in [0.15, 0.2) is 11.3 Å². The lowest BCUT2D eigenvalue weighted by Gasteiger charge is -2.37. The van der Waals surface area contributed by atoms with Gasteiger partial charge in [-0.25, -0.2) is 9.78 Å². The van der Waals surface area contributed by atoms with Gasteiger partial charge in [0.25, 0.3) is 5.91 Å². The maximum Gasteiger partial charge on any atom is 0.326 e. The minimum atomic E-state index is -1.07. The van der Waals surface area contributed by atoms with Crippen LogP contribution in [0.15, 0.2) is 57.8 Å². The number of likely N-dealkylation sites (tertiary alicyclic amines) is 1. The molecule has 0 saturated carbocycles. The molecule has 5 heterocycles. The van der Waals surface area contributed by atoms with Crippen molar-refractivity contribution < 1.29 is 19.2 Å². The molecule has 0 aliphatic carbocycles. The average Bonchev–Trinajstić information content (AvgIpc) is 3.56. The van der Waals surface area contributed by atoms with Gasteiger partial charge in [0.05, 0.1) is 21.9 Å². The molecule has 12 heteroatoms. The topological polar surface area (TPSA) is 153 Å². The molecule has 6 rings (SSSR count). The molecule has 0 bridgehead atoms. The molecule has 2 atom stereocenters. The first-order valence-electron chi connectivity index (χ1n) is 12.0. The zero-order valence-corrected chi connectivity index (χ0v) is 21.8. The number of pyridine rings is 1. The largest absolute Gasteiger partial charge is 0.480 e. The number of benzene rings is 1. The monoisotopic (exact) mass is 575 g/mol. The molecule has 1 amide bonds. The van der Waals surface area contributed by atoms with Crippen LogP contribution in [0.25, 0.3) is 27.7 Å². The van der Waals surface area contributed by atoms with Gasteiger partial charge in [0.2, 0.25) is 0 Å². The van der Waals surface area contributed by atoms with Crippen molar-refractivity contribution in [3.8, 4) is 11.1 Å². The van der Waals surface area contributed by atoms with Gasteiger partial charge in [-0.2, -0.15) is 9.61 Å². The van der Waals surface area contributed by atoms with Crippen molar-refractivity contribution in [2.24, 2.45) is 0 Å². The second kappa shape index (κ2) is 9.21. The Hall–Kier alpha value is -4.32. The Balaban J connectivity index is 1.41. The molecular formula is C26H22BrN7O4. The number of piperidine rings is 1. The molecule has 1 fully saturated rings. The fourth-order valence-electron chi connectivity index (χ4n) is 5.00. The summed E-state index contributed by atoms with van der Waals surface area (Å²) in [4.78, 5) is 36.1. The Morgan fingerprint density at radius 3 is 2.76 bits per heavy atom. The number of aromatic nitrogens is 5. The highest BCUT2D eigenvalue weighted by Crippen LogP contribution is 2.38. The predicted molar refractivity (Wildman–Crippen MR) is 142 cm³/mol. The number of nitrogens with two attached hydrogens (primary N) is 1. The van der Waals surface area contributed by atoms with E-state index in [2.05, 4.69) is 31.2 Å². The standard InChI is InChI=1S/C26H22BrN7O4/c1-13-8-19(32-38-13)25(35)33-12-15(6-7-20(33)26(36)37)22-21(27)23(28)34-24(31-22)17(11-30-34)16-9-14-4-2-3-5-18(14)29-10-16/h2-5,8-11,15,20H,6-7,12,28H2,1H3,(H,36,37). The second-order valence-corrected chi connectivity index (χ2v) is 10.1. The van der Waals surface area contributed by atoms with Crippen LogP contribution in [0.4, 0.5) is 5.82 Å². The number of carboxylic acids is 1. The average molecular weight is 576 g/mol. The Labute approximate surface area is 224 Å². The number of carbonyl (C=O) groups excluding carboxylic acids is 1. The highest BCUT2D eigenvalue weighted by Gasteiger charge is 2.39. The number of nitrogens with zero attached hydrogens (tertiary/aromatic N) is 6. The van der Waals surface area contributed by atoms with Gasteiger partial charge < -0.3 is 20.3 Å². The van der Waals surface area contributed by atoms with Crippen molar-refractivity contribution in [1.82, 2.24) is 29.6 Å². The number of hydrogen-bond acceptors (Lipinski definition) is 8. The number of fused-ring (bicyclic) bond motifs is 2. The Bertz CT molecular complexity index is 1730. The lowest BCUT2D eigenvalue weighted by Crippen LogP contribution is -2.50. The molecule has 0 radical (unpaired) electrons. The highest BCUT2D eigenvalue weighted by molar-refractivity contribution is 9.10. The summed E-state index contributed by atoms with van der Waals surface area (Å²) < 4.78 is 7.16. The molecule has 11 nitrogen and oxygen atoms in total. The second-order valence-electron chi connectivity index (χ2n) is 9.32. The fourth-order valence-corrected chi connectivity index (χ4v) is 5.58. The van der Waals surface area contributed by atoms with Crippen LogP contribution in [0.3, 0.4) is 0 Å². The van der Waals surface area contributed by atoms with Crippen molar-refractivity contribution in [3.63, 3.8) is 0 Å². The molecule has 4 aromatic heterocycles. The van der Waals surface area contributed by atoms with Crippen LogP contribution in [-0.4, -0.2) is 59.2 Å². The molecule has 0 spiro atoms. The minimum Gasteiger partial charge on any atom is -0.480 e. The van der Waals surface area contributed by atoms with Crippen molar-refractivity contribution in [2.75, 3.05) is 12.3 Å². The number of anilines is 1. The van der Waals surface area contributed by atoms with Crippen LogP contribution in [0.1, 0.15) is 40.7 Å². The fraction of sp³-hybridized carbons (Fsp3) is 0.231. The molecule has 2 unspecified atom stereocenters. The van der Waals surface area contributed by atoms with Gasteiger partial charge in [-0.1, -0.05) is 23.4 Å². The lowest BCUT2D eigenvalue weighted by molar-refractivity contribution is -0.143. The Kier molecular flexibility index (Phi) is 5.83. The quantitative estimate of drug-likeness (QED) is 0.323. The molecule has 1 aliphatic heterocycles. The third kappa shape index (κ3) is 3.97. The predicted octanol–water partition coefficient (Wildman–Crippen LogP) is 4.06. The molecule has 1 aliphatic rings. The third-order valence-corrected chi connectivity index (χ3v) is 7.72. The van der Waals surface area contributed by atoms with E-state index >= 15 is 0 Å². The van der Waals surface area contributed by atoms with Crippen molar-refractivity contribution >= 4 is 50.2 Å². The van der Waals surface area contributed by atoms with Crippen LogP contribution in [0.2, 0.25) is 0 Å². The Morgan fingerprint density at radius 2 is 2.00 bits per heavy atom. The van der Waals surface area contributed by atoms with Crippen LogP contribution >= 0.6 is 15.9 Å². The summed E-state index contributed by atoms with van der Waals surface area (Å²) in [6.07, 6.45) is 4.23. The number of carbonyl (C=O) groups is 2. The first-order valence-corrected chi connectivity index (χ1v) is 12.8. The van der Waals surface area contributed by atoms with Gasteiger partial charge in [-0.3, -0.25) is 9.78 Å². The number of amides is 1. The molecule has 1 aromatic carbocycles. The number of aryl methyl sites for hydroxylation is 1. The molecule has 38 heavy (non-hydrogen) atoms. The molecule has 3 N–H and O–H groups in total. The van der Waals surface area contributed by atoms with Gasteiger partial charge in [-0.15, -0.1) is 0 Å². The summed E-state index contributed by atoms with van der Waals surface area (Å²) in [6.45, 7) is 1.80. The summed E-state index contributed by atoms with van der Waals surface area (Å²) in [5.41, 5.74) is 10.2. The molecule has 1 saturated heterocycles. The van der Waals surface area contributed by atoms with Crippen molar-refractivity contribution in [1.29, 1.82) is 0 Å². The summed E-state index contributed by atoms with van der Waals surface area (Å²) in [6, 6.07) is 10.4. The van der Waals surface area contributed by atoms with Gasteiger partial charge in [-0.05, 0) is 47.8 Å². The van der Waals surface area contributed by atoms with Crippen LogP contribution < -0.4 is 5.73 Å². The maximum atomic E-state index is 13.2. The SMILES string of the molecule is Cc1cc(C(=O)N2CC(c3nc4c(-c5cnc6ccccc6c5)cnn4c(N)c3Br)CCC2C(=O)O)no1. The number of hydrogen-bond donors (Lipinski definition) is 2. The number of nitrogen functional groups attached to an aromatic ring is 1. The van der Waals surface area contributed by atoms with E-state index in [1.165, 1.54) is 11.0 Å². The normalized spacial score (nSPS) is 17.8. The van der Waals surface area contributed by atoms with E-state index in [9.17, 15) is 14.7 Å². The van der Waals surface area contributed by atoms with E-state index in [1.807, 2.05) is 30.3 Å². The molecule has 192 valence electrons. The number of para-hydroxylation sites is 1. The van der Waals surface area contributed by atoms with E-state index in [0.717, 1.165) is 22.0 Å². The van der Waals surface area contributed by atoms with E-state index < -0.39 is 17.9 Å². The van der Waals surface area contributed by atoms with Gasteiger partial charge in [0.1, 0.15) is 17.6 Å². The zero-order chi connectivity index (χ0) is 26.6. The van der Waals surface area contributed by atoms with E-state index in [-0.39, 0.29) is 24.6 Å². The Morgan fingerprint density at radius 1 is 1.18 bits per heavy atom. The summed E-state index contributed by atoms with van der Waals surface area (Å²) in [7, 11) is 0. The summed E-state index contributed by atoms with van der Waals surface area (Å²) in [5.74, 6) is -1.03. The lowest BCUT2D eigenvalue weighted by atomic mass is 9.89. The van der Waals surface area contributed by atoms with Crippen LogP contribution in [-0.2, 0) is 4.79 Å². The summed E-state index contributed by atoms with van der Waals surface area (Å²) in [5, 5.41) is 19.0. The van der Waals surface area contributed by atoms with Crippen molar-refractivity contribution in [2.45, 2.75) is 31.7 Å². The van der Waals surface area contributed by atoms with Gasteiger partial charge >= 0.3 is 5.97 Å². The number of carboxylic acid groups (broad SMARTS) is 1. The van der Waals surface area contributed by atoms with E-state index in [0.29, 0.717) is 33.8 Å². The van der Waals surface area contributed by atoms with Crippen LogP contribution in [0, 0.1) is 6.92 Å².